The Morgan fingerprint density at radius 1 is 1.00 bits per heavy atom. The first-order valence-electron chi connectivity index (χ1n) is 5.60. The van der Waals surface area contributed by atoms with E-state index in [1.807, 2.05) is 0 Å². The molecule has 0 aliphatic heterocycles. The summed E-state index contributed by atoms with van der Waals surface area (Å²) in [5.74, 6) is -2.79. The van der Waals surface area contributed by atoms with Crippen molar-refractivity contribution < 1.29 is 18.0 Å². The molecule has 0 saturated carbocycles. The van der Waals surface area contributed by atoms with E-state index >= 15 is 0 Å². The average molecular weight is 341 g/mol. The predicted octanol–water partition coefficient (Wildman–Crippen LogP) is 4.76. The lowest BCUT2D eigenvalue weighted by atomic mass is 10.1. The molecule has 2 aromatic carbocycles. The second-order valence-corrected chi connectivity index (χ2v) is 4.90. The minimum atomic E-state index is -0.822. The number of benzene rings is 2. The molecule has 0 heterocycles. The summed E-state index contributed by atoms with van der Waals surface area (Å²) in [6.45, 7) is 0. The van der Waals surface area contributed by atoms with Crippen LogP contribution in [0.15, 0.2) is 46.9 Å². The van der Waals surface area contributed by atoms with Crippen LogP contribution in [0.2, 0.25) is 0 Å². The number of carbonyl (C=O) groups is 1. The number of ketones is 1. The fourth-order valence-electron chi connectivity index (χ4n) is 1.58. The monoisotopic (exact) mass is 340 g/mol. The number of rotatable bonds is 3. The molecule has 0 amide bonds. The van der Waals surface area contributed by atoms with E-state index in [1.165, 1.54) is 18.2 Å². The molecular weight excluding hydrogens is 333 g/mol. The standard InChI is InChI=1S/C15H8BrF3O/c16-10-3-1-9(14(19)7-10)2-6-15(20)12-8-11(17)4-5-13(12)18/h1-8H/b6-2+. The van der Waals surface area contributed by atoms with Gasteiger partial charge in [0.05, 0.1) is 5.56 Å². The van der Waals surface area contributed by atoms with E-state index in [1.54, 1.807) is 6.07 Å². The van der Waals surface area contributed by atoms with Crippen LogP contribution in [0.1, 0.15) is 15.9 Å². The molecule has 0 aromatic heterocycles. The number of halogens is 4. The third kappa shape index (κ3) is 3.36. The van der Waals surface area contributed by atoms with Gasteiger partial charge in [-0.05, 0) is 42.5 Å². The first-order chi connectivity index (χ1) is 9.47. The summed E-state index contributed by atoms with van der Waals surface area (Å²) in [4.78, 5) is 11.7. The van der Waals surface area contributed by atoms with E-state index in [9.17, 15) is 18.0 Å². The zero-order valence-corrected chi connectivity index (χ0v) is 11.6. The van der Waals surface area contributed by atoms with Crippen molar-refractivity contribution in [1.82, 2.24) is 0 Å². The van der Waals surface area contributed by atoms with Crippen molar-refractivity contribution in [2.24, 2.45) is 0 Å². The lowest BCUT2D eigenvalue weighted by Gasteiger charge is -2.00. The molecule has 102 valence electrons. The van der Waals surface area contributed by atoms with Crippen LogP contribution in [0, 0.1) is 17.5 Å². The molecule has 0 N–H and O–H groups in total. The summed E-state index contributed by atoms with van der Waals surface area (Å²) >= 11 is 3.11. The van der Waals surface area contributed by atoms with E-state index in [0.717, 1.165) is 24.3 Å². The van der Waals surface area contributed by atoms with Crippen LogP contribution in [0.25, 0.3) is 6.08 Å². The molecule has 0 unspecified atom stereocenters. The van der Waals surface area contributed by atoms with Crippen molar-refractivity contribution in [3.8, 4) is 0 Å². The van der Waals surface area contributed by atoms with Crippen LogP contribution in [-0.4, -0.2) is 5.78 Å². The van der Waals surface area contributed by atoms with Gasteiger partial charge in [0.2, 0.25) is 0 Å². The molecule has 0 atom stereocenters. The summed E-state index contributed by atoms with van der Waals surface area (Å²) in [7, 11) is 0. The van der Waals surface area contributed by atoms with Gasteiger partial charge in [0.15, 0.2) is 5.78 Å². The Balaban J connectivity index is 2.27. The fraction of sp³-hybridized carbons (Fsp3) is 0. The van der Waals surface area contributed by atoms with Gasteiger partial charge in [-0.25, -0.2) is 13.2 Å². The predicted molar refractivity (Wildman–Crippen MR) is 73.8 cm³/mol. The number of allylic oxidation sites excluding steroid dienone is 1. The molecule has 5 heteroatoms. The lowest BCUT2D eigenvalue weighted by molar-refractivity contribution is 0.104. The lowest BCUT2D eigenvalue weighted by Crippen LogP contribution is -1.99. The fourth-order valence-corrected chi connectivity index (χ4v) is 1.91. The van der Waals surface area contributed by atoms with E-state index < -0.39 is 28.8 Å². The van der Waals surface area contributed by atoms with Gasteiger partial charge in [0.25, 0.3) is 0 Å². The SMILES string of the molecule is O=C(/C=C/c1ccc(Br)cc1F)c1cc(F)ccc1F. The largest absolute Gasteiger partial charge is 0.289 e. The van der Waals surface area contributed by atoms with Crippen molar-refractivity contribution in [2.45, 2.75) is 0 Å². The quantitative estimate of drug-likeness (QED) is 0.581. The third-order valence-electron chi connectivity index (χ3n) is 2.57. The van der Waals surface area contributed by atoms with E-state index in [-0.39, 0.29) is 5.56 Å². The average Bonchev–Trinajstić information content (AvgIpc) is 2.40. The molecule has 0 saturated heterocycles. The van der Waals surface area contributed by atoms with Crippen molar-refractivity contribution in [1.29, 1.82) is 0 Å². The van der Waals surface area contributed by atoms with Gasteiger partial charge in [0, 0.05) is 10.0 Å². The summed E-state index contributed by atoms with van der Waals surface area (Å²) < 4.78 is 40.4. The molecule has 20 heavy (non-hydrogen) atoms. The summed E-state index contributed by atoms with van der Waals surface area (Å²) in [5, 5.41) is 0. The second kappa shape index (κ2) is 6.05. The second-order valence-electron chi connectivity index (χ2n) is 3.99. The van der Waals surface area contributed by atoms with E-state index in [4.69, 9.17) is 0 Å². The first kappa shape index (κ1) is 14.5. The Hall–Kier alpha value is -1.88. The van der Waals surface area contributed by atoms with Gasteiger partial charge in [0.1, 0.15) is 17.5 Å². The zero-order chi connectivity index (χ0) is 14.7. The van der Waals surface area contributed by atoms with Gasteiger partial charge < -0.3 is 0 Å². The minimum absolute atomic E-state index is 0.179. The van der Waals surface area contributed by atoms with Crippen molar-refractivity contribution >= 4 is 27.8 Å². The molecule has 2 aromatic rings. The Kier molecular flexibility index (Phi) is 4.39. The minimum Gasteiger partial charge on any atom is -0.289 e. The maximum Gasteiger partial charge on any atom is 0.188 e. The maximum atomic E-state index is 13.5. The highest BCUT2D eigenvalue weighted by Crippen LogP contribution is 2.17. The molecule has 0 aliphatic carbocycles. The first-order valence-corrected chi connectivity index (χ1v) is 6.39. The Morgan fingerprint density at radius 2 is 1.75 bits per heavy atom. The molecule has 2 rings (SSSR count). The van der Waals surface area contributed by atoms with Gasteiger partial charge >= 0.3 is 0 Å². The van der Waals surface area contributed by atoms with Crippen LogP contribution in [0.3, 0.4) is 0 Å². The maximum absolute atomic E-state index is 13.5. The Morgan fingerprint density at radius 3 is 2.45 bits per heavy atom. The zero-order valence-electron chi connectivity index (χ0n) is 10.0. The van der Waals surface area contributed by atoms with E-state index in [2.05, 4.69) is 15.9 Å². The summed E-state index contributed by atoms with van der Waals surface area (Å²) in [6.07, 6.45) is 2.22. The van der Waals surface area contributed by atoms with Crippen LogP contribution >= 0.6 is 15.9 Å². The molecule has 0 spiro atoms. The molecule has 0 aliphatic rings. The van der Waals surface area contributed by atoms with Gasteiger partial charge in [-0.2, -0.15) is 0 Å². The molecular formula is C15H8BrF3O. The van der Waals surface area contributed by atoms with Gasteiger partial charge in [-0.3, -0.25) is 4.79 Å². The Labute approximate surface area is 121 Å². The molecule has 1 nitrogen and oxygen atoms in total. The van der Waals surface area contributed by atoms with Crippen LogP contribution in [0.5, 0.6) is 0 Å². The van der Waals surface area contributed by atoms with Crippen molar-refractivity contribution in [3.05, 3.63) is 75.5 Å². The van der Waals surface area contributed by atoms with Gasteiger partial charge in [-0.15, -0.1) is 0 Å². The van der Waals surface area contributed by atoms with Crippen molar-refractivity contribution in [2.75, 3.05) is 0 Å². The van der Waals surface area contributed by atoms with E-state index in [0.29, 0.717) is 4.47 Å². The highest BCUT2D eigenvalue weighted by atomic mass is 79.9. The van der Waals surface area contributed by atoms with Gasteiger partial charge in [-0.1, -0.05) is 22.0 Å². The van der Waals surface area contributed by atoms with Crippen molar-refractivity contribution in [3.63, 3.8) is 0 Å². The molecule has 0 bridgehead atoms. The normalized spacial score (nSPS) is 11.0. The van der Waals surface area contributed by atoms with Crippen LogP contribution < -0.4 is 0 Å². The number of carbonyl (C=O) groups excluding carboxylic acids is 1. The van der Waals surface area contributed by atoms with Crippen LogP contribution in [0.4, 0.5) is 13.2 Å². The Bertz CT molecular complexity index is 696. The third-order valence-corrected chi connectivity index (χ3v) is 3.06. The number of hydrogen-bond acceptors (Lipinski definition) is 1. The molecule has 0 radical (unpaired) electrons. The summed E-state index contributed by atoms with van der Waals surface area (Å²) in [5.41, 5.74) is -0.211. The molecule has 0 fully saturated rings. The highest BCUT2D eigenvalue weighted by Gasteiger charge is 2.10. The smallest absolute Gasteiger partial charge is 0.188 e. The topological polar surface area (TPSA) is 17.1 Å². The highest BCUT2D eigenvalue weighted by molar-refractivity contribution is 9.10. The van der Waals surface area contributed by atoms with Crippen LogP contribution in [-0.2, 0) is 0 Å². The number of hydrogen-bond donors (Lipinski definition) is 0. The summed E-state index contributed by atoms with van der Waals surface area (Å²) in [6, 6.07) is 6.91.